The van der Waals surface area contributed by atoms with Gasteiger partial charge in [0.1, 0.15) is 23.5 Å². The number of halogens is 1. The van der Waals surface area contributed by atoms with Gasteiger partial charge in [0.15, 0.2) is 0 Å². The summed E-state index contributed by atoms with van der Waals surface area (Å²) in [6, 6.07) is 2.88. The average molecular weight is 344 g/mol. The third-order valence-electron chi connectivity index (χ3n) is 4.51. The minimum absolute atomic E-state index is 0.0622. The molecule has 3 aromatic rings. The fraction of sp³-hybridized carbons (Fsp3) is 0.375. The number of nitrogens with one attached hydrogen (secondary N) is 1. The quantitative estimate of drug-likeness (QED) is 0.769. The molecule has 2 atom stereocenters. The van der Waals surface area contributed by atoms with Gasteiger partial charge in [-0.1, -0.05) is 0 Å². The number of rotatable bonds is 4. The number of carbonyl (C=O) groups is 1. The summed E-state index contributed by atoms with van der Waals surface area (Å²) in [7, 11) is 1.68. The van der Waals surface area contributed by atoms with Crippen LogP contribution in [0.2, 0.25) is 0 Å². The molecular weight excluding hydrogens is 327 g/mol. The van der Waals surface area contributed by atoms with Crippen molar-refractivity contribution < 1.29 is 13.9 Å². The van der Waals surface area contributed by atoms with Crippen molar-refractivity contribution in [2.45, 2.75) is 18.4 Å². The van der Waals surface area contributed by atoms with Crippen molar-refractivity contribution in [3.05, 3.63) is 48.3 Å². The second-order valence-corrected chi connectivity index (χ2v) is 6.05. The number of likely N-dealkylation sites (N-methyl/N-ethyl adjacent to an activating group) is 1. The molecule has 0 aromatic carbocycles. The fourth-order valence-corrected chi connectivity index (χ4v) is 3.20. The Balaban J connectivity index is 1.53. The number of hydrogen-bond acceptors (Lipinski definition) is 5. The van der Waals surface area contributed by atoms with Crippen LogP contribution in [-0.2, 0) is 4.74 Å². The molecule has 1 saturated heterocycles. The van der Waals surface area contributed by atoms with Gasteiger partial charge in [-0.15, -0.1) is 0 Å². The van der Waals surface area contributed by atoms with Crippen LogP contribution in [-0.4, -0.2) is 61.7 Å². The number of ether oxygens (including phenoxy) is 1. The van der Waals surface area contributed by atoms with Crippen molar-refractivity contribution >= 4 is 11.4 Å². The number of pyridine rings is 1. The van der Waals surface area contributed by atoms with E-state index in [0.717, 1.165) is 12.2 Å². The average Bonchev–Trinajstić information content (AvgIpc) is 3.34. The molecule has 130 valence electrons. The monoisotopic (exact) mass is 344 g/mol. The molecule has 8 nitrogen and oxygen atoms in total. The zero-order valence-corrected chi connectivity index (χ0v) is 13.6. The normalized spacial score (nSPS) is 20.2. The van der Waals surface area contributed by atoms with Gasteiger partial charge in [0.2, 0.25) is 5.82 Å². The van der Waals surface area contributed by atoms with Crippen LogP contribution in [0.1, 0.15) is 28.8 Å². The van der Waals surface area contributed by atoms with Crippen molar-refractivity contribution in [1.82, 2.24) is 29.5 Å². The predicted octanol–water partition coefficient (Wildman–Crippen LogP) is 1.24. The Kier molecular flexibility index (Phi) is 3.92. The minimum atomic E-state index is -0.416. The first-order chi connectivity index (χ1) is 12.1. The van der Waals surface area contributed by atoms with Crippen molar-refractivity contribution in [2.75, 3.05) is 20.2 Å². The molecule has 1 fully saturated rings. The first-order valence-corrected chi connectivity index (χ1v) is 7.99. The Hall–Kier alpha value is -2.81. The molecule has 1 N–H and O–H groups in total. The van der Waals surface area contributed by atoms with E-state index in [1.165, 1.54) is 23.0 Å². The highest BCUT2D eigenvalue weighted by atomic mass is 19.1. The predicted molar refractivity (Wildman–Crippen MR) is 85.6 cm³/mol. The number of nitrogens with zero attached hydrogens (tertiary/aromatic N) is 5. The number of carbonyl (C=O) groups excluding carboxylic acids is 1. The Labute approximate surface area is 142 Å². The highest BCUT2D eigenvalue weighted by Gasteiger charge is 2.34. The lowest BCUT2D eigenvalue weighted by atomic mass is 10.0. The Morgan fingerprint density at radius 3 is 3.20 bits per heavy atom. The second kappa shape index (κ2) is 6.25. The molecule has 1 amide bonds. The van der Waals surface area contributed by atoms with Crippen LogP contribution in [0.15, 0.2) is 30.9 Å². The van der Waals surface area contributed by atoms with Crippen LogP contribution in [0.25, 0.3) is 5.52 Å². The van der Waals surface area contributed by atoms with Crippen LogP contribution in [0.3, 0.4) is 0 Å². The topological polar surface area (TPSA) is 88.4 Å². The largest absolute Gasteiger partial charge is 0.376 e. The Morgan fingerprint density at radius 1 is 1.52 bits per heavy atom. The maximum absolute atomic E-state index is 13.8. The molecule has 0 unspecified atom stereocenters. The lowest BCUT2D eigenvalue weighted by Crippen LogP contribution is -2.37. The number of hydrogen-bond donors (Lipinski definition) is 1. The van der Waals surface area contributed by atoms with Crippen LogP contribution in [0.5, 0.6) is 0 Å². The Bertz CT molecular complexity index is 893. The van der Waals surface area contributed by atoms with Gasteiger partial charge in [0.25, 0.3) is 5.91 Å². The molecule has 1 aliphatic heterocycles. The molecule has 0 saturated carbocycles. The number of H-pyrrole nitrogens is 1. The molecule has 4 heterocycles. The Morgan fingerprint density at radius 2 is 2.40 bits per heavy atom. The van der Waals surface area contributed by atoms with E-state index in [1.54, 1.807) is 24.2 Å². The van der Waals surface area contributed by atoms with E-state index in [4.69, 9.17) is 4.74 Å². The van der Waals surface area contributed by atoms with Gasteiger partial charge in [-0.05, 0) is 18.6 Å². The summed E-state index contributed by atoms with van der Waals surface area (Å²) in [4.78, 5) is 22.6. The van der Waals surface area contributed by atoms with Crippen molar-refractivity contribution in [3.63, 3.8) is 0 Å². The molecule has 0 aliphatic carbocycles. The molecule has 9 heteroatoms. The zero-order valence-electron chi connectivity index (χ0n) is 13.6. The highest BCUT2D eigenvalue weighted by Crippen LogP contribution is 2.29. The van der Waals surface area contributed by atoms with Crippen LogP contribution in [0.4, 0.5) is 4.39 Å². The van der Waals surface area contributed by atoms with Gasteiger partial charge < -0.3 is 9.64 Å². The third kappa shape index (κ3) is 2.76. The van der Waals surface area contributed by atoms with E-state index >= 15 is 0 Å². The lowest BCUT2D eigenvalue weighted by Gasteiger charge is -2.23. The maximum Gasteiger partial charge on any atom is 0.290 e. The van der Waals surface area contributed by atoms with E-state index in [-0.39, 0.29) is 29.3 Å². The first kappa shape index (κ1) is 15.7. The number of imidazole rings is 1. The number of aromatic amines is 1. The van der Waals surface area contributed by atoms with Gasteiger partial charge in [0, 0.05) is 32.3 Å². The van der Waals surface area contributed by atoms with Gasteiger partial charge in [0.05, 0.1) is 12.3 Å². The summed E-state index contributed by atoms with van der Waals surface area (Å²) in [5.41, 5.74) is 0.274. The standard InChI is InChI=1S/C16H17FN6O2/c1-22(8-13-10(4-6-25-13)14-19-9-20-21-14)16(24)15-18-7-12-11(17)3-2-5-23(12)15/h2-3,5,7,9-10,13H,4,6,8H2,1H3,(H,19,20,21)/t10-,13-/m1/s1. The van der Waals surface area contributed by atoms with Gasteiger partial charge in [-0.2, -0.15) is 5.10 Å². The maximum atomic E-state index is 13.8. The number of aromatic nitrogens is 5. The summed E-state index contributed by atoms with van der Waals surface area (Å²) < 4.78 is 21.0. The summed E-state index contributed by atoms with van der Waals surface area (Å²) in [6.07, 6.45) is 5.09. The van der Waals surface area contributed by atoms with E-state index in [1.807, 2.05) is 0 Å². The van der Waals surface area contributed by atoms with E-state index in [2.05, 4.69) is 20.2 Å². The molecule has 0 spiro atoms. The van der Waals surface area contributed by atoms with Crippen LogP contribution >= 0.6 is 0 Å². The van der Waals surface area contributed by atoms with E-state index in [0.29, 0.717) is 13.2 Å². The summed E-state index contributed by atoms with van der Waals surface area (Å²) in [6.45, 7) is 0.990. The van der Waals surface area contributed by atoms with Gasteiger partial charge >= 0.3 is 0 Å². The smallest absolute Gasteiger partial charge is 0.290 e. The molecule has 4 rings (SSSR count). The van der Waals surface area contributed by atoms with Crippen molar-refractivity contribution in [1.29, 1.82) is 0 Å². The lowest BCUT2D eigenvalue weighted by molar-refractivity contribution is 0.0541. The van der Waals surface area contributed by atoms with Crippen LogP contribution in [0, 0.1) is 5.82 Å². The van der Waals surface area contributed by atoms with Crippen LogP contribution < -0.4 is 0 Å². The summed E-state index contributed by atoms with van der Waals surface area (Å²) in [5.74, 6) is 0.286. The first-order valence-electron chi connectivity index (χ1n) is 7.99. The third-order valence-corrected chi connectivity index (χ3v) is 4.51. The minimum Gasteiger partial charge on any atom is -0.376 e. The number of fused-ring (bicyclic) bond motifs is 1. The fourth-order valence-electron chi connectivity index (χ4n) is 3.20. The molecule has 3 aromatic heterocycles. The second-order valence-electron chi connectivity index (χ2n) is 6.05. The zero-order chi connectivity index (χ0) is 17.4. The molecule has 1 aliphatic rings. The molecule has 0 bridgehead atoms. The number of amides is 1. The summed E-state index contributed by atoms with van der Waals surface area (Å²) in [5, 5.41) is 6.74. The molecular formula is C16H17FN6O2. The van der Waals surface area contributed by atoms with Crippen molar-refractivity contribution in [2.24, 2.45) is 0 Å². The van der Waals surface area contributed by atoms with E-state index in [9.17, 15) is 9.18 Å². The SMILES string of the molecule is CN(C[C@H]1OCC[C@H]1c1ncn[nH]1)C(=O)c1ncc2c(F)cccn12. The highest BCUT2D eigenvalue weighted by molar-refractivity contribution is 5.91. The van der Waals surface area contributed by atoms with Crippen molar-refractivity contribution in [3.8, 4) is 0 Å². The van der Waals surface area contributed by atoms with Gasteiger partial charge in [-0.25, -0.2) is 14.4 Å². The molecule has 0 radical (unpaired) electrons. The molecule has 25 heavy (non-hydrogen) atoms. The summed E-state index contributed by atoms with van der Waals surface area (Å²) >= 11 is 0. The van der Waals surface area contributed by atoms with E-state index < -0.39 is 5.82 Å². The van der Waals surface area contributed by atoms with Gasteiger partial charge in [-0.3, -0.25) is 14.3 Å².